The van der Waals surface area contributed by atoms with E-state index in [9.17, 15) is 9.59 Å². The van der Waals surface area contributed by atoms with Gasteiger partial charge in [-0.2, -0.15) is 5.10 Å². The first-order valence-electron chi connectivity index (χ1n) is 9.93. The lowest BCUT2D eigenvalue weighted by Gasteiger charge is -2.12. The SMILES string of the molecule is COc1cc(C)[nH]c(=O)c1CNC(=O)c1c(C)c(C(C)C2CC2)n2ncccc12. The molecule has 1 amide bonds. The van der Waals surface area contributed by atoms with E-state index in [-0.39, 0.29) is 18.0 Å². The average Bonchev–Trinajstić information content (AvgIpc) is 3.49. The Kier molecular flexibility index (Phi) is 4.90. The van der Waals surface area contributed by atoms with Crippen LogP contribution < -0.4 is 15.6 Å². The Morgan fingerprint density at radius 2 is 2.17 bits per heavy atom. The highest BCUT2D eigenvalue weighted by Crippen LogP contribution is 2.44. The van der Waals surface area contributed by atoms with Crippen molar-refractivity contribution in [3.63, 3.8) is 0 Å². The lowest BCUT2D eigenvalue weighted by Crippen LogP contribution is -2.28. The number of fused-ring (bicyclic) bond motifs is 1. The molecule has 0 radical (unpaired) electrons. The van der Waals surface area contributed by atoms with Crippen molar-refractivity contribution in [2.24, 2.45) is 5.92 Å². The number of pyridine rings is 1. The number of ether oxygens (including phenoxy) is 1. The average molecular weight is 394 g/mol. The first-order chi connectivity index (χ1) is 13.9. The van der Waals surface area contributed by atoms with Gasteiger partial charge in [0.05, 0.1) is 30.3 Å². The number of hydrogen-bond donors (Lipinski definition) is 2. The monoisotopic (exact) mass is 394 g/mol. The van der Waals surface area contributed by atoms with Gasteiger partial charge in [0, 0.05) is 23.5 Å². The third-order valence-electron chi connectivity index (χ3n) is 5.86. The molecule has 3 aromatic rings. The second kappa shape index (κ2) is 7.39. The van der Waals surface area contributed by atoms with Crippen LogP contribution in [-0.2, 0) is 6.54 Å². The van der Waals surface area contributed by atoms with E-state index in [0.717, 1.165) is 16.8 Å². The van der Waals surface area contributed by atoms with Gasteiger partial charge in [0.25, 0.3) is 11.5 Å². The fourth-order valence-electron chi connectivity index (χ4n) is 4.17. The van der Waals surface area contributed by atoms with Crippen LogP contribution in [0.15, 0.2) is 29.2 Å². The summed E-state index contributed by atoms with van der Waals surface area (Å²) in [6, 6.07) is 5.50. The second-order valence-electron chi connectivity index (χ2n) is 7.84. The second-order valence-corrected chi connectivity index (χ2v) is 7.84. The summed E-state index contributed by atoms with van der Waals surface area (Å²) in [5, 5.41) is 7.41. The maximum absolute atomic E-state index is 13.1. The van der Waals surface area contributed by atoms with Crippen molar-refractivity contribution in [3.8, 4) is 5.75 Å². The molecule has 1 atom stereocenters. The van der Waals surface area contributed by atoms with Crippen LogP contribution in [0.4, 0.5) is 0 Å². The summed E-state index contributed by atoms with van der Waals surface area (Å²) >= 11 is 0. The molecule has 1 aliphatic carbocycles. The van der Waals surface area contributed by atoms with Gasteiger partial charge in [0.2, 0.25) is 0 Å². The molecule has 3 heterocycles. The zero-order valence-electron chi connectivity index (χ0n) is 17.2. The Bertz CT molecular complexity index is 1140. The lowest BCUT2D eigenvalue weighted by atomic mass is 9.97. The lowest BCUT2D eigenvalue weighted by molar-refractivity contribution is 0.0951. The number of aryl methyl sites for hydroxylation is 1. The van der Waals surface area contributed by atoms with Crippen LogP contribution in [-0.4, -0.2) is 27.6 Å². The predicted molar refractivity (Wildman–Crippen MR) is 111 cm³/mol. The molecule has 1 aliphatic rings. The Hall–Kier alpha value is -3.09. The number of nitrogens with zero attached hydrogens (tertiary/aromatic N) is 2. The summed E-state index contributed by atoms with van der Waals surface area (Å²) in [6.07, 6.45) is 4.18. The third-order valence-corrected chi connectivity index (χ3v) is 5.86. The number of aromatic amines is 1. The summed E-state index contributed by atoms with van der Waals surface area (Å²) < 4.78 is 7.22. The molecule has 1 saturated carbocycles. The molecule has 3 aromatic heterocycles. The molecule has 0 aliphatic heterocycles. The minimum atomic E-state index is -0.259. The number of amides is 1. The number of H-pyrrole nitrogens is 1. The Morgan fingerprint density at radius 3 is 2.86 bits per heavy atom. The van der Waals surface area contributed by atoms with E-state index in [1.54, 1.807) is 19.2 Å². The topological polar surface area (TPSA) is 88.5 Å². The van der Waals surface area contributed by atoms with E-state index >= 15 is 0 Å². The number of hydrogen-bond acceptors (Lipinski definition) is 4. The molecule has 7 nitrogen and oxygen atoms in total. The summed E-state index contributed by atoms with van der Waals surface area (Å²) in [7, 11) is 1.52. The van der Waals surface area contributed by atoms with Gasteiger partial charge in [-0.05, 0) is 56.4 Å². The van der Waals surface area contributed by atoms with Crippen LogP contribution >= 0.6 is 0 Å². The minimum Gasteiger partial charge on any atom is -0.496 e. The largest absolute Gasteiger partial charge is 0.496 e. The van der Waals surface area contributed by atoms with E-state index in [1.807, 2.05) is 23.6 Å². The Balaban J connectivity index is 1.68. The first kappa shape index (κ1) is 19.2. The van der Waals surface area contributed by atoms with Crippen molar-refractivity contribution in [2.45, 2.75) is 46.1 Å². The van der Waals surface area contributed by atoms with Gasteiger partial charge in [-0.15, -0.1) is 0 Å². The standard InChI is InChI=1S/C22H26N4O3/c1-12-10-18(29-4)16(21(27)25-12)11-23-22(28)19-14(3)20(13(2)15-7-8-15)26-17(19)6-5-9-24-26/h5-6,9-10,13,15H,7-8,11H2,1-4H3,(H,23,28)(H,25,27). The number of carbonyl (C=O) groups is 1. The van der Waals surface area contributed by atoms with Crippen LogP contribution in [0.1, 0.15) is 58.6 Å². The molecule has 152 valence electrons. The van der Waals surface area contributed by atoms with Crippen LogP contribution in [0.2, 0.25) is 0 Å². The number of nitrogens with one attached hydrogen (secondary N) is 2. The Morgan fingerprint density at radius 1 is 1.41 bits per heavy atom. The number of aromatic nitrogens is 3. The van der Waals surface area contributed by atoms with Gasteiger partial charge in [-0.1, -0.05) is 6.92 Å². The van der Waals surface area contributed by atoms with Gasteiger partial charge in [-0.3, -0.25) is 9.59 Å². The fraction of sp³-hybridized carbons (Fsp3) is 0.409. The summed E-state index contributed by atoms with van der Waals surface area (Å²) in [6.45, 7) is 6.07. The molecule has 4 rings (SSSR count). The molecule has 0 spiro atoms. The van der Waals surface area contributed by atoms with E-state index < -0.39 is 0 Å². The normalized spacial score (nSPS) is 14.8. The molecule has 0 saturated heterocycles. The highest BCUT2D eigenvalue weighted by Gasteiger charge is 2.34. The molecular weight excluding hydrogens is 368 g/mol. The summed E-state index contributed by atoms with van der Waals surface area (Å²) in [5.74, 6) is 1.25. The van der Waals surface area contributed by atoms with Gasteiger partial charge in [0.1, 0.15) is 5.75 Å². The zero-order valence-corrected chi connectivity index (χ0v) is 17.2. The molecule has 29 heavy (non-hydrogen) atoms. The maximum atomic E-state index is 13.1. The zero-order chi connectivity index (χ0) is 20.7. The van der Waals surface area contributed by atoms with E-state index in [2.05, 4.69) is 22.3 Å². The van der Waals surface area contributed by atoms with Crippen molar-refractivity contribution in [2.75, 3.05) is 7.11 Å². The minimum absolute atomic E-state index is 0.0855. The van der Waals surface area contributed by atoms with Crippen molar-refractivity contribution < 1.29 is 9.53 Å². The van der Waals surface area contributed by atoms with Crippen molar-refractivity contribution in [1.29, 1.82) is 0 Å². The summed E-state index contributed by atoms with van der Waals surface area (Å²) in [5.41, 5.74) is 4.30. The molecule has 0 bridgehead atoms. The van der Waals surface area contributed by atoms with Crippen LogP contribution in [0, 0.1) is 19.8 Å². The molecule has 0 aromatic carbocycles. The molecule has 2 N–H and O–H groups in total. The fourth-order valence-corrected chi connectivity index (χ4v) is 4.17. The van der Waals surface area contributed by atoms with Gasteiger partial charge in [-0.25, -0.2) is 4.52 Å². The summed E-state index contributed by atoms with van der Waals surface area (Å²) in [4.78, 5) is 28.2. The predicted octanol–water partition coefficient (Wildman–Crippen LogP) is 3.09. The van der Waals surface area contributed by atoms with Crippen LogP contribution in [0.3, 0.4) is 0 Å². The number of carbonyl (C=O) groups excluding carboxylic acids is 1. The smallest absolute Gasteiger partial charge is 0.256 e. The quantitative estimate of drug-likeness (QED) is 0.672. The first-order valence-corrected chi connectivity index (χ1v) is 9.93. The third kappa shape index (κ3) is 3.41. The van der Waals surface area contributed by atoms with Crippen LogP contribution in [0.5, 0.6) is 5.75 Å². The molecule has 7 heteroatoms. The number of methoxy groups -OCH3 is 1. The van der Waals surface area contributed by atoms with Crippen molar-refractivity contribution in [3.05, 3.63) is 62.8 Å². The van der Waals surface area contributed by atoms with Crippen LogP contribution in [0.25, 0.3) is 5.52 Å². The molecular formula is C22H26N4O3. The highest BCUT2D eigenvalue weighted by molar-refractivity contribution is 6.03. The van der Waals surface area contributed by atoms with E-state index in [1.165, 1.54) is 20.0 Å². The van der Waals surface area contributed by atoms with Crippen molar-refractivity contribution >= 4 is 11.4 Å². The van der Waals surface area contributed by atoms with Gasteiger partial charge < -0.3 is 15.0 Å². The Labute approximate surface area is 169 Å². The highest BCUT2D eigenvalue weighted by atomic mass is 16.5. The maximum Gasteiger partial charge on any atom is 0.256 e. The number of rotatable bonds is 6. The van der Waals surface area contributed by atoms with Gasteiger partial charge in [0.15, 0.2) is 0 Å². The van der Waals surface area contributed by atoms with E-state index in [0.29, 0.717) is 34.4 Å². The molecule has 1 fully saturated rings. The van der Waals surface area contributed by atoms with Crippen molar-refractivity contribution in [1.82, 2.24) is 19.9 Å². The molecule has 1 unspecified atom stereocenters. The van der Waals surface area contributed by atoms with E-state index in [4.69, 9.17) is 4.74 Å². The van der Waals surface area contributed by atoms with Gasteiger partial charge >= 0.3 is 0 Å².